The topological polar surface area (TPSA) is 29.1 Å². The van der Waals surface area contributed by atoms with Crippen LogP contribution < -0.4 is 5.32 Å². The van der Waals surface area contributed by atoms with Crippen molar-refractivity contribution in [1.29, 1.82) is 0 Å². The lowest BCUT2D eigenvalue weighted by atomic mass is 9.83. The van der Waals surface area contributed by atoms with Gasteiger partial charge in [0.1, 0.15) is 0 Å². The quantitative estimate of drug-likeness (QED) is 0.844. The highest BCUT2D eigenvalue weighted by molar-refractivity contribution is 5.98. The van der Waals surface area contributed by atoms with Gasteiger partial charge in [0, 0.05) is 18.0 Å². The van der Waals surface area contributed by atoms with Crippen LogP contribution >= 0.6 is 0 Å². The van der Waals surface area contributed by atoms with E-state index in [9.17, 15) is 4.79 Å². The Morgan fingerprint density at radius 3 is 2.35 bits per heavy atom. The van der Waals surface area contributed by atoms with Crippen molar-refractivity contribution < 1.29 is 4.79 Å². The molecular weight excluding hydrogens is 246 g/mol. The van der Waals surface area contributed by atoms with Gasteiger partial charge in [-0.05, 0) is 43.7 Å². The van der Waals surface area contributed by atoms with E-state index < -0.39 is 0 Å². The van der Waals surface area contributed by atoms with Crippen LogP contribution in [0.25, 0.3) is 0 Å². The summed E-state index contributed by atoms with van der Waals surface area (Å²) in [7, 11) is 0. The molecule has 1 aliphatic heterocycles. The molecule has 1 aromatic carbocycles. The summed E-state index contributed by atoms with van der Waals surface area (Å²) in [5.74, 6) is 1.24. The monoisotopic (exact) mass is 271 g/mol. The number of piperidine rings is 1. The summed E-state index contributed by atoms with van der Waals surface area (Å²) in [6.45, 7) is 1.91. The highest BCUT2D eigenvalue weighted by Crippen LogP contribution is 2.32. The normalized spacial score (nSPS) is 24.5. The van der Waals surface area contributed by atoms with Gasteiger partial charge >= 0.3 is 0 Å². The van der Waals surface area contributed by atoms with Crippen molar-refractivity contribution in [2.75, 3.05) is 13.1 Å². The SMILES string of the molecule is O=C(c1ccc(C2CCCCC2)cc1)C1CCCNC1. The third-order valence-corrected chi connectivity index (χ3v) is 4.94. The molecule has 1 atom stereocenters. The molecule has 0 radical (unpaired) electrons. The lowest BCUT2D eigenvalue weighted by Crippen LogP contribution is -2.34. The molecule has 0 aromatic heterocycles. The lowest BCUT2D eigenvalue weighted by molar-refractivity contribution is 0.0899. The van der Waals surface area contributed by atoms with Gasteiger partial charge in [-0.25, -0.2) is 0 Å². The number of Topliss-reactive ketones (excluding diaryl/α,β-unsaturated/α-hetero) is 1. The number of carbonyl (C=O) groups excluding carboxylic acids is 1. The molecule has 2 fully saturated rings. The van der Waals surface area contributed by atoms with Crippen molar-refractivity contribution in [3.63, 3.8) is 0 Å². The van der Waals surface area contributed by atoms with Crippen LogP contribution in [0, 0.1) is 5.92 Å². The largest absolute Gasteiger partial charge is 0.316 e. The second-order valence-electron chi connectivity index (χ2n) is 6.36. The number of hydrogen-bond acceptors (Lipinski definition) is 2. The van der Waals surface area contributed by atoms with Crippen LogP contribution in [0.2, 0.25) is 0 Å². The van der Waals surface area contributed by atoms with Crippen LogP contribution in [0.5, 0.6) is 0 Å². The molecule has 1 saturated carbocycles. The zero-order valence-electron chi connectivity index (χ0n) is 12.2. The third-order valence-electron chi connectivity index (χ3n) is 4.94. The van der Waals surface area contributed by atoms with Crippen molar-refractivity contribution in [2.45, 2.75) is 50.9 Å². The minimum absolute atomic E-state index is 0.185. The average Bonchev–Trinajstić information content (AvgIpc) is 2.56. The van der Waals surface area contributed by atoms with Gasteiger partial charge < -0.3 is 5.32 Å². The van der Waals surface area contributed by atoms with E-state index in [1.807, 2.05) is 0 Å². The Bertz CT molecular complexity index is 439. The maximum atomic E-state index is 12.4. The molecular formula is C18H25NO. The minimum Gasteiger partial charge on any atom is -0.316 e. The first-order valence-electron chi connectivity index (χ1n) is 8.19. The number of hydrogen-bond donors (Lipinski definition) is 1. The zero-order valence-corrected chi connectivity index (χ0v) is 12.2. The van der Waals surface area contributed by atoms with Crippen LogP contribution in [-0.4, -0.2) is 18.9 Å². The van der Waals surface area contributed by atoms with Crippen molar-refractivity contribution in [3.05, 3.63) is 35.4 Å². The third kappa shape index (κ3) is 3.12. The van der Waals surface area contributed by atoms with E-state index in [4.69, 9.17) is 0 Å². The molecule has 1 heterocycles. The molecule has 1 aromatic rings. The molecule has 108 valence electrons. The number of ketones is 1. The van der Waals surface area contributed by atoms with Crippen LogP contribution in [0.1, 0.15) is 66.8 Å². The second-order valence-corrected chi connectivity index (χ2v) is 6.36. The molecule has 2 nitrogen and oxygen atoms in total. The first kappa shape index (κ1) is 13.8. The number of rotatable bonds is 3. The summed E-state index contributed by atoms with van der Waals surface area (Å²) in [5.41, 5.74) is 2.33. The average molecular weight is 271 g/mol. The van der Waals surface area contributed by atoms with Gasteiger partial charge in [-0.1, -0.05) is 43.5 Å². The summed E-state index contributed by atoms with van der Waals surface area (Å²) >= 11 is 0. The summed E-state index contributed by atoms with van der Waals surface area (Å²) in [6.07, 6.45) is 8.91. The van der Waals surface area contributed by atoms with Crippen LogP contribution in [0.15, 0.2) is 24.3 Å². The van der Waals surface area contributed by atoms with Crippen molar-refractivity contribution in [2.24, 2.45) is 5.92 Å². The fraction of sp³-hybridized carbons (Fsp3) is 0.611. The highest BCUT2D eigenvalue weighted by Gasteiger charge is 2.22. The van der Waals surface area contributed by atoms with Crippen LogP contribution in [0.4, 0.5) is 0 Å². The summed E-state index contributed by atoms with van der Waals surface area (Å²) < 4.78 is 0. The van der Waals surface area contributed by atoms with Crippen molar-refractivity contribution in [3.8, 4) is 0 Å². The fourth-order valence-corrected chi connectivity index (χ4v) is 3.67. The zero-order chi connectivity index (χ0) is 13.8. The Hall–Kier alpha value is -1.15. The minimum atomic E-state index is 0.185. The Morgan fingerprint density at radius 1 is 0.950 bits per heavy atom. The number of benzene rings is 1. The van der Waals surface area contributed by atoms with Gasteiger partial charge in [-0.15, -0.1) is 0 Å². The number of nitrogens with one attached hydrogen (secondary N) is 1. The second kappa shape index (κ2) is 6.53. The maximum Gasteiger partial charge on any atom is 0.167 e. The van der Waals surface area contributed by atoms with Crippen LogP contribution in [0.3, 0.4) is 0 Å². The predicted molar refractivity (Wildman–Crippen MR) is 82.2 cm³/mol. The molecule has 0 spiro atoms. The molecule has 1 saturated heterocycles. The number of carbonyl (C=O) groups is 1. The molecule has 3 rings (SSSR count). The summed E-state index contributed by atoms with van der Waals surface area (Å²) in [6, 6.07) is 8.50. The molecule has 0 amide bonds. The van der Waals surface area contributed by atoms with Gasteiger partial charge in [0.15, 0.2) is 5.78 Å². The van der Waals surface area contributed by atoms with Gasteiger partial charge in [-0.2, -0.15) is 0 Å². The van der Waals surface area contributed by atoms with E-state index in [0.29, 0.717) is 5.78 Å². The first-order chi connectivity index (χ1) is 9.84. The molecule has 2 aliphatic rings. The molecule has 1 unspecified atom stereocenters. The summed E-state index contributed by atoms with van der Waals surface area (Å²) in [5, 5.41) is 3.33. The maximum absolute atomic E-state index is 12.4. The van der Waals surface area contributed by atoms with Gasteiger partial charge in [0.25, 0.3) is 0 Å². The van der Waals surface area contributed by atoms with Crippen LogP contribution in [-0.2, 0) is 0 Å². The van der Waals surface area contributed by atoms with Gasteiger partial charge in [0.05, 0.1) is 0 Å². The van der Waals surface area contributed by atoms with E-state index in [2.05, 4.69) is 29.6 Å². The Labute approximate surface area is 122 Å². The highest BCUT2D eigenvalue weighted by atomic mass is 16.1. The molecule has 1 aliphatic carbocycles. The molecule has 20 heavy (non-hydrogen) atoms. The Morgan fingerprint density at radius 2 is 1.70 bits per heavy atom. The Balaban J connectivity index is 1.67. The van der Waals surface area contributed by atoms with Gasteiger partial charge in [0.2, 0.25) is 0 Å². The van der Waals surface area contributed by atoms with E-state index in [-0.39, 0.29) is 5.92 Å². The van der Waals surface area contributed by atoms with Gasteiger partial charge in [-0.3, -0.25) is 4.79 Å². The van der Waals surface area contributed by atoms with Crippen molar-refractivity contribution in [1.82, 2.24) is 5.32 Å². The van der Waals surface area contributed by atoms with E-state index in [1.165, 1.54) is 37.7 Å². The smallest absolute Gasteiger partial charge is 0.167 e. The standard InChI is InChI=1S/C18H25NO/c20-18(17-7-4-12-19-13-17)16-10-8-15(9-11-16)14-5-2-1-3-6-14/h8-11,14,17,19H,1-7,12-13H2. The lowest BCUT2D eigenvalue weighted by Gasteiger charge is -2.23. The molecule has 2 heteroatoms. The van der Waals surface area contributed by atoms with E-state index in [1.54, 1.807) is 0 Å². The van der Waals surface area contributed by atoms with E-state index in [0.717, 1.165) is 37.4 Å². The molecule has 1 N–H and O–H groups in total. The Kier molecular flexibility index (Phi) is 4.51. The molecule has 0 bridgehead atoms. The van der Waals surface area contributed by atoms with Crippen molar-refractivity contribution >= 4 is 5.78 Å². The predicted octanol–water partition coefficient (Wildman–Crippen LogP) is 3.92. The fourth-order valence-electron chi connectivity index (χ4n) is 3.67. The van der Waals surface area contributed by atoms with E-state index >= 15 is 0 Å². The summed E-state index contributed by atoms with van der Waals surface area (Å²) in [4.78, 5) is 12.4. The first-order valence-corrected chi connectivity index (χ1v) is 8.19.